The molecule has 1 aromatic carbocycles. The lowest BCUT2D eigenvalue weighted by Gasteiger charge is -2.08. The molecule has 0 spiro atoms. The molecule has 0 radical (unpaired) electrons. The van der Waals surface area contributed by atoms with Crippen LogP contribution in [0.15, 0.2) is 17.2 Å². The van der Waals surface area contributed by atoms with Crippen molar-refractivity contribution in [3.63, 3.8) is 0 Å². The standard InChI is InChI=1S/C10H12N4O/c1-6-2-9-7(3-8(6)5-15)4-14(12)10(9)13-11/h2-3,5H,4,11-12H2,1H3/b13-10-. The van der Waals surface area contributed by atoms with Crippen LogP contribution < -0.4 is 11.7 Å². The van der Waals surface area contributed by atoms with E-state index in [1.807, 2.05) is 19.1 Å². The van der Waals surface area contributed by atoms with E-state index in [1.165, 1.54) is 5.01 Å². The van der Waals surface area contributed by atoms with Gasteiger partial charge in [-0.15, -0.1) is 0 Å². The maximum absolute atomic E-state index is 10.8. The molecule has 1 aliphatic heterocycles. The number of nitrogens with zero attached hydrogens (tertiary/aromatic N) is 2. The van der Waals surface area contributed by atoms with Crippen LogP contribution in [0.2, 0.25) is 0 Å². The number of amidine groups is 1. The molecule has 5 nitrogen and oxygen atoms in total. The van der Waals surface area contributed by atoms with Gasteiger partial charge >= 0.3 is 0 Å². The number of carbonyl (C=O) groups is 1. The third-order valence-corrected chi connectivity index (χ3v) is 2.59. The zero-order valence-electron chi connectivity index (χ0n) is 8.40. The van der Waals surface area contributed by atoms with Crippen LogP contribution in [-0.2, 0) is 6.54 Å². The first-order valence-corrected chi connectivity index (χ1v) is 4.56. The van der Waals surface area contributed by atoms with Crippen LogP contribution in [0.1, 0.15) is 27.0 Å². The van der Waals surface area contributed by atoms with Crippen molar-refractivity contribution in [1.82, 2.24) is 5.01 Å². The molecule has 0 bridgehead atoms. The van der Waals surface area contributed by atoms with Gasteiger partial charge < -0.3 is 5.84 Å². The van der Waals surface area contributed by atoms with Gasteiger partial charge in [-0.25, -0.2) is 5.84 Å². The monoisotopic (exact) mass is 204 g/mol. The summed E-state index contributed by atoms with van der Waals surface area (Å²) in [5.41, 5.74) is 3.47. The number of hydrazine groups is 1. The SMILES string of the molecule is Cc1cc2c(cc1C=O)CN(N)/C2=N\N. The van der Waals surface area contributed by atoms with Crippen LogP contribution >= 0.6 is 0 Å². The molecule has 4 N–H and O–H groups in total. The van der Waals surface area contributed by atoms with Gasteiger partial charge in [0.1, 0.15) is 6.29 Å². The first-order chi connectivity index (χ1) is 7.17. The molecule has 0 atom stereocenters. The minimum absolute atomic E-state index is 0.534. The fourth-order valence-corrected chi connectivity index (χ4v) is 1.79. The summed E-state index contributed by atoms with van der Waals surface area (Å²) in [7, 11) is 0. The Morgan fingerprint density at radius 3 is 2.87 bits per heavy atom. The number of aryl methyl sites for hydroxylation is 1. The number of benzene rings is 1. The Morgan fingerprint density at radius 2 is 2.27 bits per heavy atom. The summed E-state index contributed by atoms with van der Waals surface area (Å²) in [6.45, 7) is 2.41. The summed E-state index contributed by atoms with van der Waals surface area (Å²) in [5.74, 6) is 11.5. The summed E-state index contributed by atoms with van der Waals surface area (Å²) < 4.78 is 0. The third kappa shape index (κ3) is 1.37. The first kappa shape index (κ1) is 9.67. The fourth-order valence-electron chi connectivity index (χ4n) is 1.79. The van der Waals surface area contributed by atoms with Crippen molar-refractivity contribution in [2.75, 3.05) is 0 Å². The summed E-state index contributed by atoms with van der Waals surface area (Å²) in [6, 6.07) is 3.72. The number of nitrogens with two attached hydrogens (primary N) is 2. The van der Waals surface area contributed by atoms with Crippen LogP contribution in [0.4, 0.5) is 0 Å². The van der Waals surface area contributed by atoms with Gasteiger partial charge in [0.15, 0.2) is 5.84 Å². The van der Waals surface area contributed by atoms with Crippen molar-refractivity contribution in [3.05, 3.63) is 34.4 Å². The number of rotatable bonds is 1. The summed E-state index contributed by atoms with van der Waals surface area (Å²) >= 11 is 0. The molecule has 0 amide bonds. The third-order valence-electron chi connectivity index (χ3n) is 2.59. The van der Waals surface area contributed by atoms with Crippen molar-refractivity contribution in [3.8, 4) is 0 Å². The van der Waals surface area contributed by atoms with Crippen LogP contribution in [-0.4, -0.2) is 17.1 Å². The van der Waals surface area contributed by atoms with E-state index in [0.717, 1.165) is 23.0 Å². The summed E-state index contributed by atoms with van der Waals surface area (Å²) in [5, 5.41) is 5.11. The Balaban J connectivity index is 2.61. The Hall–Kier alpha value is -1.88. The second-order valence-electron chi connectivity index (χ2n) is 3.56. The highest BCUT2D eigenvalue weighted by Gasteiger charge is 2.24. The Kier molecular flexibility index (Phi) is 2.17. The highest BCUT2D eigenvalue weighted by Crippen LogP contribution is 2.23. The van der Waals surface area contributed by atoms with Gasteiger partial charge in [-0.05, 0) is 30.2 Å². The largest absolute Gasteiger partial charge is 0.321 e. The molecule has 15 heavy (non-hydrogen) atoms. The van der Waals surface area contributed by atoms with Gasteiger partial charge in [0.2, 0.25) is 0 Å². The van der Waals surface area contributed by atoms with E-state index in [9.17, 15) is 4.79 Å². The number of hydrazone groups is 1. The van der Waals surface area contributed by atoms with Gasteiger partial charge in [-0.1, -0.05) is 0 Å². The van der Waals surface area contributed by atoms with E-state index in [2.05, 4.69) is 5.10 Å². The maximum atomic E-state index is 10.8. The molecule has 0 fully saturated rings. The smallest absolute Gasteiger partial charge is 0.170 e. The molecule has 1 aromatic rings. The first-order valence-electron chi connectivity index (χ1n) is 4.56. The van der Waals surface area contributed by atoms with E-state index in [-0.39, 0.29) is 0 Å². The molecule has 1 aliphatic rings. The molecule has 2 rings (SSSR count). The molecule has 78 valence electrons. The number of carbonyl (C=O) groups excluding carboxylic acids is 1. The molecule has 0 saturated carbocycles. The second kappa shape index (κ2) is 3.36. The quantitative estimate of drug-likeness (QED) is 0.386. The number of hydrogen-bond acceptors (Lipinski definition) is 4. The minimum atomic E-state index is 0.534. The molecule has 0 aliphatic carbocycles. The van der Waals surface area contributed by atoms with E-state index < -0.39 is 0 Å². The summed E-state index contributed by atoms with van der Waals surface area (Å²) in [4.78, 5) is 10.8. The Bertz CT molecular complexity index is 453. The molecule has 0 unspecified atom stereocenters. The van der Waals surface area contributed by atoms with E-state index >= 15 is 0 Å². The highest BCUT2D eigenvalue weighted by atomic mass is 16.1. The van der Waals surface area contributed by atoms with Crippen molar-refractivity contribution in [2.45, 2.75) is 13.5 Å². The predicted octanol–water partition coefficient (Wildman–Crippen LogP) is 0.117. The van der Waals surface area contributed by atoms with Gasteiger partial charge in [0, 0.05) is 11.1 Å². The number of hydrogen-bond donors (Lipinski definition) is 2. The minimum Gasteiger partial charge on any atom is -0.321 e. The zero-order valence-corrected chi connectivity index (χ0v) is 8.40. The Labute approximate surface area is 87.3 Å². The van der Waals surface area contributed by atoms with Crippen molar-refractivity contribution in [2.24, 2.45) is 16.8 Å². The zero-order chi connectivity index (χ0) is 11.0. The van der Waals surface area contributed by atoms with E-state index in [4.69, 9.17) is 11.7 Å². The van der Waals surface area contributed by atoms with Gasteiger partial charge in [-0.2, -0.15) is 5.10 Å². The summed E-state index contributed by atoms with van der Waals surface area (Å²) in [6.07, 6.45) is 0.841. The van der Waals surface area contributed by atoms with Gasteiger partial charge in [0.05, 0.1) is 6.54 Å². The number of fused-ring (bicyclic) bond motifs is 1. The molecular formula is C10H12N4O. The molecule has 0 saturated heterocycles. The Morgan fingerprint density at radius 1 is 1.53 bits per heavy atom. The van der Waals surface area contributed by atoms with Crippen LogP contribution in [0.3, 0.4) is 0 Å². The maximum Gasteiger partial charge on any atom is 0.170 e. The average molecular weight is 204 g/mol. The van der Waals surface area contributed by atoms with Crippen LogP contribution in [0.5, 0.6) is 0 Å². The topological polar surface area (TPSA) is 84.7 Å². The van der Waals surface area contributed by atoms with Crippen LogP contribution in [0, 0.1) is 6.92 Å². The van der Waals surface area contributed by atoms with Crippen molar-refractivity contribution < 1.29 is 4.79 Å². The average Bonchev–Trinajstić information content (AvgIpc) is 2.51. The molecular weight excluding hydrogens is 192 g/mol. The molecule has 0 aromatic heterocycles. The van der Waals surface area contributed by atoms with Gasteiger partial charge in [-0.3, -0.25) is 9.80 Å². The number of aldehydes is 1. The van der Waals surface area contributed by atoms with Crippen molar-refractivity contribution >= 4 is 12.1 Å². The second-order valence-corrected chi connectivity index (χ2v) is 3.56. The fraction of sp³-hybridized carbons (Fsp3) is 0.200. The van der Waals surface area contributed by atoms with Crippen molar-refractivity contribution in [1.29, 1.82) is 0 Å². The van der Waals surface area contributed by atoms with E-state index in [0.29, 0.717) is 17.9 Å². The lowest BCUT2D eigenvalue weighted by Crippen LogP contribution is -2.32. The lowest BCUT2D eigenvalue weighted by atomic mass is 10.0. The molecule has 5 heteroatoms. The lowest BCUT2D eigenvalue weighted by molar-refractivity contribution is 0.112. The van der Waals surface area contributed by atoms with Crippen LogP contribution in [0.25, 0.3) is 0 Å². The highest BCUT2D eigenvalue weighted by molar-refractivity contribution is 6.02. The normalized spacial score (nSPS) is 16.9. The molecule has 1 heterocycles. The van der Waals surface area contributed by atoms with Gasteiger partial charge in [0.25, 0.3) is 0 Å². The predicted molar refractivity (Wildman–Crippen MR) is 57.0 cm³/mol. The van der Waals surface area contributed by atoms with E-state index in [1.54, 1.807) is 0 Å².